The molecule has 4 nitrogen and oxygen atoms in total. The average Bonchev–Trinajstić information content (AvgIpc) is 3.22. The number of thioether (sulfide) groups is 1. The first-order valence-electron chi connectivity index (χ1n) is 12.1. The normalized spacial score (nSPS) is 15.4. The smallest absolute Gasteiger partial charge is 0.267 e. The van der Waals surface area contributed by atoms with Crippen molar-refractivity contribution in [3.8, 4) is 5.75 Å². The van der Waals surface area contributed by atoms with Gasteiger partial charge >= 0.3 is 0 Å². The number of halogens is 2. The van der Waals surface area contributed by atoms with Gasteiger partial charge in [-0.15, -0.1) is 0 Å². The highest BCUT2D eigenvalue weighted by molar-refractivity contribution is 8.18. The van der Waals surface area contributed by atoms with E-state index in [0.29, 0.717) is 39.5 Å². The number of carbonyl (C=O) groups excluding carboxylic acids is 1. The van der Waals surface area contributed by atoms with Crippen molar-refractivity contribution in [3.63, 3.8) is 0 Å². The summed E-state index contributed by atoms with van der Waals surface area (Å²) in [4.78, 5) is 20.5. The lowest BCUT2D eigenvalue weighted by molar-refractivity contribution is -0.122. The summed E-state index contributed by atoms with van der Waals surface area (Å²) in [7, 11) is 0. The van der Waals surface area contributed by atoms with Gasteiger partial charge in [0.2, 0.25) is 0 Å². The first-order valence-corrected chi connectivity index (χ1v) is 13.3. The van der Waals surface area contributed by atoms with Crippen LogP contribution in [0.1, 0.15) is 22.3 Å². The van der Waals surface area contributed by atoms with Gasteiger partial charge < -0.3 is 4.74 Å². The Labute approximate surface area is 230 Å². The number of hydrogen-bond acceptors (Lipinski definition) is 4. The molecule has 0 bridgehead atoms. The molecule has 0 atom stereocenters. The number of rotatable bonds is 8. The molecule has 1 amide bonds. The fourth-order valence-corrected chi connectivity index (χ4v) is 5.14. The summed E-state index contributed by atoms with van der Waals surface area (Å²) in [6.45, 7) is 0.979. The highest BCUT2D eigenvalue weighted by atomic mass is 35.5. The average molecular weight is 543 g/mol. The summed E-state index contributed by atoms with van der Waals surface area (Å²) in [5, 5.41) is 1.04. The number of amides is 1. The fourth-order valence-electron chi connectivity index (χ4n) is 3.92. The quantitative estimate of drug-likeness (QED) is 0.214. The molecule has 4 aromatic carbocycles. The van der Waals surface area contributed by atoms with Crippen LogP contribution in [0, 0.1) is 5.82 Å². The van der Waals surface area contributed by atoms with Crippen molar-refractivity contribution < 1.29 is 13.9 Å². The van der Waals surface area contributed by atoms with Crippen LogP contribution in [0.2, 0.25) is 5.02 Å². The Morgan fingerprint density at radius 2 is 1.58 bits per heavy atom. The molecule has 38 heavy (non-hydrogen) atoms. The molecule has 0 unspecified atom stereocenters. The van der Waals surface area contributed by atoms with Gasteiger partial charge in [-0.2, -0.15) is 0 Å². The van der Waals surface area contributed by atoms with Gasteiger partial charge in [-0.05, 0) is 52.7 Å². The number of benzene rings is 4. The van der Waals surface area contributed by atoms with E-state index in [9.17, 15) is 9.18 Å². The van der Waals surface area contributed by atoms with Crippen molar-refractivity contribution >= 4 is 40.5 Å². The SMILES string of the molecule is O=C1/C(=C\c2ccc(OCc3ccccc3F)c(Cl)c2)SC(=NCc2ccccc2)N1Cc1ccccc1. The topological polar surface area (TPSA) is 41.9 Å². The van der Waals surface area contributed by atoms with Crippen LogP contribution in [0.4, 0.5) is 4.39 Å². The van der Waals surface area contributed by atoms with Crippen LogP contribution in [0.5, 0.6) is 5.75 Å². The van der Waals surface area contributed by atoms with E-state index in [-0.39, 0.29) is 18.3 Å². The van der Waals surface area contributed by atoms with E-state index in [1.54, 1.807) is 35.2 Å². The Hall–Kier alpha value is -3.87. The van der Waals surface area contributed by atoms with Crippen LogP contribution in [0.15, 0.2) is 113 Å². The Kier molecular flexibility index (Phi) is 8.22. The lowest BCUT2D eigenvalue weighted by atomic mass is 10.2. The third-order valence-electron chi connectivity index (χ3n) is 5.91. The second-order valence-corrected chi connectivity index (χ2v) is 10.1. The fraction of sp³-hybridized carbons (Fsp3) is 0.0968. The maximum atomic E-state index is 13.9. The molecule has 0 N–H and O–H groups in total. The van der Waals surface area contributed by atoms with Crippen molar-refractivity contribution in [1.82, 2.24) is 4.90 Å². The summed E-state index contributed by atoms with van der Waals surface area (Å²) in [5.41, 5.74) is 3.30. The number of carbonyl (C=O) groups is 1. The Bertz CT molecular complexity index is 1490. The molecule has 1 fully saturated rings. The minimum atomic E-state index is -0.327. The van der Waals surface area contributed by atoms with Crippen LogP contribution in [-0.2, 0) is 24.5 Å². The summed E-state index contributed by atoms with van der Waals surface area (Å²) in [6, 6.07) is 31.5. The minimum absolute atomic E-state index is 0.0663. The van der Waals surface area contributed by atoms with Crippen molar-refractivity contribution in [1.29, 1.82) is 0 Å². The van der Waals surface area contributed by atoms with E-state index in [1.165, 1.54) is 17.8 Å². The van der Waals surface area contributed by atoms with Crippen molar-refractivity contribution in [3.05, 3.63) is 141 Å². The molecular weight excluding hydrogens is 519 g/mol. The Balaban J connectivity index is 1.35. The molecule has 7 heteroatoms. The van der Waals surface area contributed by atoms with Crippen molar-refractivity contribution in [2.75, 3.05) is 0 Å². The molecule has 1 aliphatic rings. The first-order chi connectivity index (χ1) is 18.6. The Morgan fingerprint density at radius 3 is 2.29 bits per heavy atom. The third kappa shape index (κ3) is 6.33. The number of amidine groups is 1. The maximum absolute atomic E-state index is 13.9. The largest absolute Gasteiger partial charge is 0.487 e. The number of nitrogens with zero attached hydrogens (tertiary/aromatic N) is 2. The van der Waals surface area contributed by atoms with Gasteiger partial charge in [0.25, 0.3) is 5.91 Å². The molecular formula is C31H24ClFN2O2S. The van der Waals surface area contributed by atoms with Crippen LogP contribution < -0.4 is 4.74 Å². The van der Waals surface area contributed by atoms with E-state index < -0.39 is 0 Å². The summed E-state index contributed by atoms with van der Waals surface area (Å²) >= 11 is 7.82. The van der Waals surface area contributed by atoms with Crippen LogP contribution in [0.25, 0.3) is 6.08 Å². The minimum Gasteiger partial charge on any atom is -0.487 e. The van der Waals surface area contributed by atoms with Crippen molar-refractivity contribution in [2.24, 2.45) is 4.99 Å². The molecule has 1 aliphatic heterocycles. The second kappa shape index (κ2) is 12.1. The standard InChI is InChI=1S/C31H24ClFN2O2S/c32-26-17-24(15-16-28(26)37-21-25-13-7-8-14-27(25)33)18-29-30(36)35(20-23-11-5-2-6-12-23)31(38-29)34-19-22-9-3-1-4-10-22/h1-18H,19-21H2/b29-18+,34-31?. The van der Waals surface area contributed by atoms with E-state index in [0.717, 1.165) is 16.7 Å². The first kappa shape index (κ1) is 25.8. The van der Waals surface area contributed by atoms with E-state index in [2.05, 4.69) is 0 Å². The summed E-state index contributed by atoms with van der Waals surface area (Å²) in [6.07, 6.45) is 1.81. The lowest BCUT2D eigenvalue weighted by Gasteiger charge is -2.15. The van der Waals surface area contributed by atoms with Gasteiger partial charge in [-0.3, -0.25) is 14.7 Å². The third-order valence-corrected chi connectivity index (χ3v) is 7.25. The highest BCUT2D eigenvalue weighted by Crippen LogP contribution is 2.35. The van der Waals surface area contributed by atoms with Crippen LogP contribution >= 0.6 is 23.4 Å². The van der Waals surface area contributed by atoms with Crippen LogP contribution in [0.3, 0.4) is 0 Å². The second-order valence-electron chi connectivity index (χ2n) is 8.64. The molecule has 4 aromatic rings. The van der Waals surface area contributed by atoms with Gasteiger partial charge in [0.1, 0.15) is 18.2 Å². The molecule has 0 aliphatic carbocycles. The van der Waals surface area contributed by atoms with Gasteiger partial charge in [-0.1, -0.05) is 96.5 Å². The molecule has 1 heterocycles. The predicted octanol–water partition coefficient (Wildman–Crippen LogP) is 7.73. The van der Waals surface area contributed by atoms with E-state index in [1.807, 2.05) is 72.8 Å². The van der Waals surface area contributed by atoms with Gasteiger partial charge in [0.15, 0.2) is 5.17 Å². The zero-order chi connectivity index (χ0) is 26.3. The molecule has 5 rings (SSSR count). The van der Waals surface area contributed by atoms with Gasteiger partial charge in [0.05, 0.1) is 23.0 Å². The molecule has 0 aromatic heterocycles. The molecule has 190 valence electrons. The summed E-state index contributed by atoms with van der Waals surface area (Å²) < 4.78 is 19.6. The number of ether oxygens (including phenoxy) is 1. The molecule has 1 saturated heterocycles. The maximum Gasteiger partial charge on any atom is 0.267 e. The lowest BCUT2D eigenvalue weighted by Crippen LogP contribution is -2.28. The summed E-state index contributed by atoms with van der Waals surface area (Å²) in [5.74, 6) is 0.00601. The van der Waals surface area contributed by atoms with E-state index in [4.69, 9.17) is 21.3 Å². The number of hydrogen-bond donors (Lipinski definition) is 0. The van der Waals surface area contributed by atoms with Crippen molar-refractivity contribution in [2.45, 2.75) is 19.7 Å². The zero-order valence-electron chi connectivity index (χ0n) is 20.4. The molecule has 0 saturated carbocycles. The van der Waals surface area contributed by atoms with Crippen LogP contribution in [-0.4, -0.2) is 16.0 Å². The number of aliphatic imine (C=N–C) groups is 1. The molecule has 0 spiro atoms. The molecule has 0 radical (unpaired) electrons. The Morgan fingerprint density at radius 1 is 0.895 bits per heavy atom. The van der Waals surface area contributed by atoms with E-state index >= 15 is 0 Å². The van der Waals surface area contributed by atoms with Gasteiger partial charge in [-0.25, -0.2) is 4.39 Å². The zero-order valence-corrected chi connectivity index (χ0v) is 22.0. The van der Waals surface area contributed by atoms with Gasteiger partial charge in [0, 0.05) is 5.56 Å². The highest BCUT2D eigenvalue weighted by Gasteiger charge is 2.33. The predicted molar refractivity (Wildman–Crippen MR) is 152 cm³/mol. The monoisotopic (exact) mass is 542 g/mol.